The number of benzene rings is 3. The van der Waals surface area contributed by atoms with Crippen molar-refractivity contribution in [2.75, 3.05) is 5.32 Å². The van der Waals surface area contributed by atoms with Crippen LogP contribution in [0.1, 0.15) is 35.5 Å². The van der Waals surface area contributed by atoms with Crippen LogP contribution in [0.5, 0.6) is 0 Å². The van der Waals surface area contributed by atoms with E-state index in [4.69, 9.17) is 16.7 Å². The number of halogens is 2. The minimum absolute atomic E-state index is 0.278. The smallest absolute Gasteiger partial charge is 0.308 e. The monoisotopic (exact) mass is 525 g/mol. The summed E-state index contributed by atoms with van der Waals surface area (Å²) < 4.78 is 18.5. The van der Waals surface area contributed by atoms with Crippen molar-refractivity contribution in [1.29, 1.82) is 0 Å². The Kier molecular flexibility index (Phi) is 6.21. The van der Waals surface area contributed by atoms with Crippen molar-refractivity contribution in [3.8, 4) is 11.5 Å². The highest BCUT2D eigenvalue weighted by Crippen LogP contribution is 2.39. The van der Waals surface area contributed by atoms with Crippen molar-refractivity contribution in [2.24, 2.45) is 0 Å². The number of amides is 2. The van der Waals surface area contributed by atoms with Crippen LogP contribution in [0.3, 0.4) is 0 Å². The molecule has 3 heterocycles. The second kappa shape index (κ2) is 9.84. The number of aromatic nitrogens is 3. The molecule has 0 unspecified atom stereocenters. The van der Waals surface area contributed by atoms with Crippen LogP contribution >= 0.6 is 11.6 Å². The lowest BCUT2D eigenvalue weighted by Crippen LogP contribution is -2.38. The zero-order chi connectivity index (χ0) is 26.2. The van der Waals surface area contributed by atoms with Crippen LogP contribution in [0.15, 0.2) is 97.2 Å². The lowest BCUT2D eigenvalue weighted by Gasteiger charge is -2.31. The molecule has 8 heteroatoms. The lowest BCUT2D eigenvalue weighted by atomic mass is 10.0. The Bertz CT molecular complexity index is 1630. The largest absolute Gasteiger partial charge is 0.322 e. The SMILES string of the molecule is CCc1nn(-c2ccccc2)c2c1CN(C(=O)Nc1cccc(Cl)c1)[C@H](c1cccc(F)c1)c1cccn1-2. The predicted octanol–water partition coefficient (Wildman–Crippen LogP) is 7.16. The molecule has 2 amide bonds. The van der Waals surface area contributed by atoms with Gasteiger partial charge in [0.2, 0.25) is 0 Å². The number of para-hydroxylation sites is 1. The van der Waals surface area contributed by atoms with E-state index < -0.39 is 6.04 Å². The van der Waals surface area contributed by atoms with E-state index in [2.05, 4.69) is 16.8 Å². The second-order valence-corrected chi connectivity index (χ2v) is 9.62. The lowest BCUT2D eigenvalue weighted by molar-refractivity contribution is 0.194. The summed E-state index contributed by atoms with van der Waals surface area (Å²) in [4.78, 5) is 15.7. The summed E-state index contributed by atoms with van der Waals surface area (Å²) in [5.74, 6) is 0.509. The van der Waals surface area contributed by atoms with Gasteiger partial charge in [0.25, 0.3) is 0 Å². The molecule has 1 aliphatic heterocycles. The third kappa shape index (κ3) is 4.25. The maximum absolute atomic E-state index is 14.5. The average molecular weight is 526 g/mol. The first-order valence-electron chi connectivity index (χ1n) is 12.5. The van der Waals surface area contributed by atoms with Gasteiger partial charge in [-0.05, 0) is 66.6 Å². The van der Waals surface area contributed by atoms with E-state index in [0.717, 1.165) is 28.5 Å². The molecule has 0 saturated carbocycles. The minimum Gasteiger partial charge on any atom is -0.308 e. The number of nitrogens with zero attached hydrogens (tertiary/aromatic N) is 4. The van der Waals surface area contributed by atoms with E-state index in [1.54, 1.807) is 35.2 Å². The van der Waals surface area contributed by atoms with Gasteiger partial charge in [-0.3, -0.25) is 0 Å². The quantitative estimate of drug-likeness (QED) is 0.271. The molecule has 1 aliphatic rings. The number of nitrogens with one attached hydrogen (secondary N) is 1. The number of hydrogen-bond donors (Lipinski definition) is 1. The Morgan fingerprint density at radius 2 is 1.84 bits per heavy atom. The second-order valence-electron chi connectivity index (χ2n) is 9.18. The van der Waals surface area contributed by atoms with E-state index in [-0.39, 0.29) is 18.4 Å². The molecule has 0 fully saturated rings. The van der Waals surface area contributed by atoms with Crippen molar-refractivity contribution in [3.63, 3.8) is 0 Å². The molecular formula is C30H25ClFN5O. The Balaban J connectivity index is 1.56. The van der Waals surface area contributed by atoms with Crippen molar-refractivity contribution >= 4 is 23.3 Å². The molecule has 6 rings (SSSR count). The fourth-order valence-corrected chi connectivity index (χ4v) is 5.33. The number of rotatable bonds is 4. The maximum Gasteiger partial charge on any atom is 0.322 e. The molecule has 3 aromatic carbocycles. The number of anilines is 1. The molecule has 2 aromatic heterocycles. The van der Waals surface area contributed by atoms with Crippen LogP contribution in [-0.4, -0.2) is 25.3 Å². The highest BCUT2D eigenvalue weighted by molar-refractivity contribution is 6.30. The summed E-state index contributed by atoms with van der Waals surface area (Å²) >= 11 is 6.18. The predicted molar refractivity (Wildman–Crippen MR) is 147 cm³/mol. The zero-order valence-electron chi connectivity index (χ0n) is 20.7. The topological polar surface area (TPSA) is 55.1 Å². The number of hydrogen-bond acceptors (Lipinski definition) is 2. The van der Waals surface area contributed by atoms with Gasteiger partial charge in [0.05, 0.1) is 29.7 Å². The number of urea groups is 1. The van der Waals surface area contributed by atoms with Gasteiger partial charge in [-0.25, -0.2) is 13.9 Å². The first-order valence-corrected chi connectivity index (χ1v) is 12.8. The summed E-state index contributed by atoms with van der Waals surface area (Å²) in [6.07, 6.45) is 2.66. The van der Waals surface area contributed by atoms with Crippen molar-refractivity contribution < 1.29 is 9.18 Å². The van der Waals surface area contributed by atoms with Gasteiger partial charge >= 0.3 is 6.03 Å². The first kappa shape index (κ1) is 24.0. The van der Waals surface area contributed by atoms with Crippen LogP contribution in [0, 0.1) is 5.82 Å². The third-order valence-corrected chi connectivity index (χ3v) is 7.04. The molecular weight excluding hydrogens is 501 g/mol. The molecule has 0 saturated heterocycles. The minimum atomic E-state index is -0.554. The van der Waals surface area contributed by atoms with E-state index >= 15 is 0 Å². The summed E-state index contributed by atoms with van der Waals surface area (Å²) in [5, 5.41) is 8.48. The summed E-state index contributed by atoms with van der Waals surface area (Å²) in [7, 11) is 0. The van der Waals surface area contributed by atoms with Crippen molar-refractivity contribution in [2.45, 2.75) is 25.9 Å². The molecule has 0 spiro atoms. The molecule has 6 nitrogen and oxygen atoms in total. The van der Waals surface area contributed by atoms with Crippen molar-refractivity contribution in [1.82, 2.24) is 19.2 Å². The first-order chi connectivity index (χ1) is 18.5. The van der Waals surface area contributed by atoms with Gasteiger partial charge in [0, 0.05) is 22.5 Å². The molecule has 1 N–H and O–H groups in total. The average Bonchev–Trinajstić information content (AvgIpc) is 3.50. The Labute approximate surface area is 224 Å². The highest BCUT2D eigenvalue weighted by atomic mass is 35.5. The van der Waals surface area contributed by atoms with E-state index in [1.165, 1.54) is 12.1 Å². The molecule has 38 heavy (non-hydrogen) atoms. The van der Waals surface area contributed by atoms with Gasteiger partial charge in [0.15, 0.2) is 0 Å². The van der Waals surface area contributed by atoms with Crippen LogP contribution in [0.2, 0.25) is 5.02 Å². The molecule has 5 aromatic rings. The fraction of sp³-hybridized carbons (Fsp3) is 0.133. The van der Waals surface area contributed by atoms with Gasteiger partial charge in [-0.15, -0.1) is 0 Å². The van der Waals surface area contributed by atoms with Crippen LogP contribution < -0.4 is 5.32 Å². The zero-order valence-corrected chi connectivity index (χ0v) is 21.4. The highest BCUT2D eigenvalue weighted by Gasteiger charge is 2.36. The summed E-state index contributed by atoms with van der Waals surface area (Å²) in [6, 6.07) is 26.4. The standard InChI is InChI=1S/C30H25ClFN5O/c1-2-26-25-19-36(30(38)33-23-12-7-10-21(31)18-23)28(20-9-6-11-22(32)17-20)27-15-8-16-35(27)29(25)37(34-26)24-13-4-3-5-14-24/h3-18,28H,2,19H2,1H3,(H,33,38)/t28-/m1/s1. The Morgan fingerprint density at radius 1 is 1.03 bits per heavy atom. The number of carbonyl (C=O) groups is 1. The van der Waals surface area contributed by atoms with E-state index in [0.29, 0.717) is 22.7 Å². The molecule has 190 valence electrons. The Hall–Kier alpha value is -4.36. The number of aryl methyl sites for hydroxylation is 1. The summed E-state index contributed by atoms with van der Waals surface area (Å²) in [5.41, 5.74) is 4.83. The van der Waals surface area contributed by atoms with Crippen LogP contribution in [0.25, 0.3) is 11.5 Å². The van der Waals surface area contributed by atoms with Crippen LogP contribution in [0.4, 0.5) is 14.9 Å². The molecule has 0 bridgehead atoms. The normalized spacial score (nSPS) is 14.5. The maximum atomic E-state index is 14.5. The molecule has 0 radical (unpaired) electrons. The number of carbonyl (C=O) groups excluding carboxylic acids is 1. The van der Waals surface area contributed by atoms with Gasteiger partial charge in [-0.1, -0.05) is 54.9 Å². The van der Waals surface area contributed by atoms with E-state index in [1.807, 2.05) is 59.4 Å². The summed E-state index contributed by atoms with van der Waals surface area (Å²) in [6.45, 7) is 2.33. The third-order valence-electron chi connectivity index (χ3n) is 6.81. The van der Waals surface area contributed by atoms with Gasteiger partial charge in [0.1, 0.15) is 11.6 Å². The van der Waals surface area contributed by atoms with Crippen molar-refractivity contribution in [3.05, 3.63) is 131 Å². The fourth-order valence-electron chi connectivity index (χ4n) is 5.14. The molecule has 1 atom stereocenters. The van der Waals surface area contributed by atoms with Crippen LogP contribution in [-0.2, 0) is 13.0 Å². The van der Waals surface area contributed by atoms with Gasteiger partial charge in [-0.2, -0.15) is 5.10 Å². The number of fused-ring (bicyclic) bond motifs is 3. The van der Waals surface area contributed by atoms with E-state index in [9.17, 15) is 9.18 Å². The molecule has 0 aliphatic carbocycles. The Morgan fingerprint density at radius 3 is 2.61 bits per heavy atom. The van der Waals surface area contributed by atoms with Gasteiger partial charge < -0.3 is 14.8 Å².